The maximum absolute atomic E-state index is 13.5. The highest BCUT2D eigenvalue weighted by atomic mass is 32.2. The number of furan rings is 1. The summed E-state index contributed by atoms with van der Waals surface area (Å²) in [7, 11) is 0. The fourth-order valence-electron chi connectivity index (χ4n) is 2.18. The van der Waals surface area contributed by atoms with Crippen molar-refractivity contribution in [1.82, 2.24) is 4.90 Å². The van der Waals surface area contributed by atoms with Gasteiger partial charge in [0.2, 0.25) is 5.91 Å². The van der Waals surface area contributed by atoms with Gasteiger partial charge in [0.25, 0.3) is 11.1 Å². The number of para-hydroxylation sites is 1. The molecule has 0 aliphatic carbocycles. The Kier molecular flexibility index (Phi) is 5.03. The Morgan fingerprint density at radius 1 is 1.30 bits per heavy atom. The highest BCUT2D eigenvalue weighted by molar-refractivity contribution is 8.18. The van der Waals surface area contributed by atoms with Crippen molar-refractivity contribution < 1.29 is 28.1 Å². The number of amides is 3. The SMILES string of the molecule is O=C(CN1C(=O)S/C(=C\c2ccc([N+](=O)[O-])o2)C1=O)Nc1ccccc1F. The van der Waals surface area contributed by atoms with Crippen LogP contribution in [0.4, 0.5) is 20.8 Å². The van der Waals surface area contributed by atoms with E-state index in [4.69, 9.17) is 4.42 Å². The number of halogens is 1. The zero-order chi connectivity index (χ0) is 19.6. The van der Waals surface area contributed by atoms with Crippen molar-refractivity contribution in [3.63, 3.8) is 0 Å². The van der Waals surface area contributed by atoms with Gasteiger partial charge in [0.1, 0.15) is 23.0 Å². The number of benzene rings is 1. The van der Waals surface area contributed by atoms with E-state index in [2.05, 4.69) is 5.32 Å². The fourth-order valence-corrected chi connectivity index (χ4v) is 3.00. The standard InChI is InChI=1S/C16H10FN3O6S/c17-10-3-1-2-4-11(10)18-13(21)8-19-15(22)12(27-16(19)23)7-9-5-6-14(26-9)20(24)25/h1-7H,8H2,(H,18,21)/b12-7-. The Bertz CT molecular complexity index is 986. The van der Waals surface area contributed by atoms with Crippen molar-refractivity contribution >= 4 is 46.5 Å². The summed E-state index contributed by atoms with van der Waals surface area (Å²) in [4.78, 5) is 46.8. The molecular formula is C16H10FN3O6S. The molecule has 1 saturated heterocycles. The molecule has 0 bridgehead atoms. The monoisotopic (exact) mass is 391 g/mol. The first-order chi connectivity index (χ1) is 12.8. The average Bonchev–Trinajstić information content (AvgIpc) is 3.18. The van der Waals surface area contributed by atoms with Crippen molar-refractivity contribution in [3.05, 3.63) is 63.0 Å². The van der Waals surface area contributed by atoms with E-state index in [1.165, 1.54) is 30.3 Å². The number of nitro groups is 1. The molecule has 2 aromatic rings. The Morgan fingerprint density at radius 3 is 2.70 bits per heavy atom. The van der Waals surface area contributed by atoms with E-state index in [1.807, 2.05) is 0 Å². The summed E-state index contributed by atoms with van der Waals surface area (Å²) >= 11 is 0.560. The zero-order valence-electron chi connectivity index (χ0n) is 13.4. The van der Waals surface area contributed by atoms with Crippen molar-refractivity contribution in [2.24, 2.45) is 0 Å². The zero-order valence-corrected chi connectivity index (χ0v) is 14.2. The molecular weight excluding hydrogens is 381 g/mol. The molecule has 3 amide bonds. The molecule has 27 heavy (non-hydrogen) atoms. The van der Waals surface area contributed by atoms with E-state index in [9.17, 15) is 28.9 Å². The van der Waals surface area contributed by atoms with Gasteiger partial charge in [0.05, 0.1) is 16.7 Å². The lowest BCUT2D eigenvalue weighted by Gasteiger charge is -2.12. The number of hydrogen-bond acceptors (Lipinski definition) is 7. The summed E-state index contributed by atoms with van der Waals surface area (Å²) in [6.07, 6.45) is 1.17. The molecule has 138 valence electrons. The van der Waals surface area contributed by atoms with Crippen LogP contribution >= 0.6 is 11.8 Å². The van der Waals surface area contributed by atoms with Gasteiger partial charge in [0, 0.05) is 6.08 Å². The molecule has 1 fully saturated rings. The lowest BCUT2D eigenvalue weighted by Crippen LogP contribution is -2.36. The summed E-state index contributed by atoms with van der Waals surface area (Å²) in [6, 6.07) is 7.84. The van der Waals surface area contributed by atoms with Crippen molar-refractivity contribution in [2.75, 3.05) is 11.9 Å². The minimum atomic E-state index is -0.757. The number of carbonyl (C=O) groups excluding carboxylic acids is 3. The van der Waals surface area contributed by atoms with Gasteiger partial charge in [-0.15, -0.1) is 0 Å². The van der Waals surface area contributed by atoms with Crippen LogP contribution in [0.1, 0.15) is 5.76 Å². The normalized spacial score (nSPS) is 15.4. The number of anilines is 1. The average molecular weight is 391 g/mol. The van der Waals surface area contributed by atoms with Gasteiger partial charge in [-0.3, -0.25) is 29.4 Å². The third-order valence-electron chi connectivity index (χ3n) is 3.39. The maximum Gasteiger partial charge on any atom is 0.433 e. The molecule has 2 heterocycles. The molecule has 1 aromatic heterocycles. The van der Waals surface area contributed by atoms with E-state index in [0.29, 0.717) is 16.7 Å². The number of nitrogens with one attached hydrogen (secondary N) is 1. The molecule has 0 atom stereocenters. The third-order valence-corrected chi connectivity index (χ3v) is 4.30. The van der Waals surface area contributed by atoms with Gasteiger partial charge in [-0.25, -0.2) is 4.39 Å². The molecule has 0 spiro atoms. The van der Waals surface area contributed by atoms with E-state index < -0.39 is 40.2 Å². The Balaban J connectivity index is 1.70. The molecule has 3 rings (SSSR count). The second-order valence-electron chi connectivity index (χ2n) is 5.23. The van der Waals surface area contributed by atoms with Crippen LogP contribution in [0.15, 0.2) is 45.7 Å². The second-order valence-corrected chi connectivity index (χ2v) is 6.22. The highest BCUT2D eigenvalue weighted by Gasteiger charge is 2.36. The topological polar surface area (TPSA) is 123 Å². The number of carbonyl (C=O) groups is 3. The van der Waals surface area contributed by atoms with Gasteiger partial charge < -0.3 is 9.73 Å². The van der Waals surface area contributed by atoms with Gasteiger partial charge >= 0.3 is 5.88 Å². The minimum absolute atomic E-state index is 0.0167. The van der Waals surface area contributed by atoms with Gasteiger partial charge in [0.15, 0.2) is 0 Å². The summed E-state index contributed by atoms with van der Waals surface area (Å²) < 4.78 is 18.5. The summed E-state index contributed by atoms with van der Waals surface area (Å²) in [6.45, 7) is -0.603. The molecule has 9 nitrogen and oxygen atoms in total. The predicted octanol–water partition coefficient (Wildman–Crippen LogP) is 3.00. The quantitative estimate of drug-likeness (QED) is 0.472. The van der Waals surface area contributed by atoms with E-state index >= 15 is 0 Å². The molecule has 1 aromatic carbocycles. The molecule has 1 aliphatic rings. The maximum atomic E-state index is 13.5. The van der Waals surface area contributed by atoms with E-state index in [0.717, 1.165) is 12.1 Å². The van der Waals surface area contributed by atoms with Crippen LogP contribution in [-0.2, 0) is 9.59 Å². The first-order valence-electron chi connectivity index (χ1n) is 7.39. The molecule has 0 unspecified atom stereocenters. The number of thioether (sulfide) groups is 1. The summed E-state index contributed by atoms with van der Waals surface area (Å²) in [5.74, 6) is -2.66. The molecule has 0 radical (unpaired) electrons. The Morgan fingerprint density at radius 2 is 2.04 bits per heavy atom. The van der Waals surface area contributed by atoms with E-state index in [-0.39, 0.29) is 16.4 Å². The first kappa shape index (κ1) is 18.3. The third kappa shape index (κ3) is 4.03. The highest BCUT2D eigenvalue weighted by Crippen LogP contribution is 2.32. The lowest BCUT2D eigenvalue weighted by molar-refractivity contribution is -0.402. The number of imide groups is 1. The van der Waals surface area contributed by atoms with Gasteiger partial charge in [-0.05, 0) is 30.0 Å². The van der Waals surface area contributed by atoms with E-state index in [1.54, 1.807) is 0 Å². The second kappa shape index (κ2) is 7.41. The number of rotatable bonds is 5. The molecule has 1 aliphatic heterocycles. The summed E-state index contributed by atoms with van der Waals surface area (Å²) in [5.41, 5.74) is -0.0760. The van der Waals surface area contributed by atoms with Gasteiger partial charge in [-0.2, -0.15) is 0 Å². The van der Waals surface area contributed by atoms with Crippen LogP contribution in [0, 0.1) is 15.9 Å². The molecule has 11 heteroatoms. The fraction of sp³-hybridized carbons (Fsp3) is 0.0625. The van der Waals surface area contributed by atoms with Crippen molar-refractivity contribution in [3.8, 4) is 0 Å². The Labute approximate surface area is 155 Å². The van der Waals surface area contributed by atoms with Crippen LogP contribution < -0.4 is 5.32 Å². The van der Waals surface area contributed by atoms with Crippen LogP contribution in [0.2, 0.25) is 0 Å². The summed E-state index contributed by atoms with van der Waals surface area (Å²) in [5, 5.41) is 12.2. The Hall–Kier alpha value is -3.47. The van der Waals surface area contributed by atoms with Crippen LogP contribution in [0.5, 0.6) is 0 Å². The van der Waals surface area contributed by atoms with Gasteiger partial charge in [-0.1, -0.05) is 12.1 Å². The van der Waals surface area contributed by atoms with Crippen LogP contribution in [0.3, 0.4) is 0 Å². The van der Waals surface area contributed by atoms with Crippen LogP contribution in [-0.4, -0.2) is 33.4 Å². The van der Waals surface area contributed by atoms with Crippen molar-refractivity contribution in [2.45, 2.75) is 0 Å². The minimum Gasteiger partial charge on any atom is -0.401 e. The number of hydrogen-bond donors (Lipinski definition) is 1. The predicted molar refractivity (Wildman–Crippen MR) is 93.1 cm³/mol. The van der Waals surface area contributed by atoms with Crippen LogP contribution in [0.25, 0.3) is 6.08 Å². The molecule has 1 N–H and O–H groups in total. The number of nitrogens with zero attached hydrogens (tertiary/aromatic N) is 2. The van der Waals surface area contributed by atoms with Crippen molar-refractivity contribution in [1.29, 1.82) is 0 Å². The largest absolute Gasteiger partial charge is 0.433 e. The lowest BCUT2D eigenvalue weighted by atomic mass is 10.3. The first-order valence-corrected chi connectivity index (χ1v) is 8.21. The smallest absolute Gasteiger partial charge is 0.401 e. The molecule has 0 saturated carbocycles.